The third kappa shape index (κ3) is 3.81. The van der Waals surface area contributed by atoms with Gasteiger partial charge in [-0.1, -0.05) is 13.0 Å². The molecule has 4 heteroatoms. The Morgan fingerprint density at radius 3 is 2.61 bits per heavy atom. The molecule has 0 fully saturated rings. The van der Waals surface area contributed by atoms with Crippen LogP contribution in [0.2, 0.25) is 0 Å². The second-order valence-electron chi connectivity index (χ2n) is 4.78. The molecule has 0 aliphatic heterocycles. The first-order valence-corrected chi connectivity index (χ1v) is 6.32. The molecule has 0 bridgehead atoms. The van der Waals surface area contributed by atoms with Gasteiger partial charge in [-0.3, -0.25) is 10.3 Å². The van der Waals surface area contributed by atoms with E-state index < -0.39 is 0 Å². The molecule has 0 aliphatic rings. The second kappa shape index (κ2) is 6.50. The fourth-order valence-corrected chi connectivity index (χ4v) is 1.96. The second-order valence-corrected chi connectivity index (χ2v) is 4.78. The van der Waals surface area contributed by atoms with Crippen molar-refractivity contribution in [2.75, 3.05) is 6.54 Å². The van der Waals surface area contributed by atoms with Gasteiger partial charge >= 0.3 is 0 Å². The van der Waals surface area contributed by atoms with Gasteiger partial charge in [0.25, 0.3) is 0 Å². The minimum Gasteiger partial charge on any atom is -0.384 e. The van der Waals surface area contributed by atoms with Gasteiger partial charge < -0.3 is 5.73 Å². The highest BCUT2D eigenvalue weighted by molar-refractivity contribution is 5.96. The predicted octanol–water partition coefficient (Wildman–Crippen LogP) is 2.73. The van der Waals surface area contributed by atoms with Gasteiger partial charge in [0.05, 0.1) is 0 Å². The molecule has 0 atom stereocenters. The quantitative estimate of drug-likeness (QED) is 0.603. The summed E-state index contributed by atoms with van der Waals surface area (Å²) in [6.45, 7) is 8.07. The molecule has 0 aromatic heterocycles. The van der Waals surface area contributed by atoms with Gasteiger partial charge in [-0.15, -0.1) is 0 Å². The summed E-state index contributed by atoms with van der Waals surface area (Å²) in [6.07, 6.45) is 1.06. The van der Waals surface area contributed by atoms with Crippen LogP contribution in [0, 0.1) is 11.2 Å². The van der Waals surface area contributed by atoms with Gasteiger partial charge in [0.1, 0.15) is 11.7 Å². The molecule has 0 saturated heterocycles. The fourth-order valence-electron chi connectivity index (χ4n) is 1.96. The SMILES string of the molecule is CCCN(Cc1ccc(F)cc1C(=N)N)C(C)C. The summed E-state index contributed by atoms with van der Waals surface area (Å²) < 4.78 is 13.2. The van der Waals surface area contributed by atoms with E-state index in [0.29, 0.717) is 18.2 Å². The van der Waals surface area contributed by atoms with E-state index in [-0.39, 0.29) is 11.7 Å². The van der Waals surface area contributed by atoms with E-state index in [1.165, 1.54) is 12.1 Å². The highest BCUT2D eigenvalue weighted by Crippen LogP contribution is 2.15. The van der Waals surface area contributed by atoms with Crippen molar-refractivity contribution in [3.8, 4) is 0 Å². The number of amidine groups is 1. The third-order valence-electron chi connectivity index (χ3n) is 2.98. The van der Waals surface area contributed by atoms with E-state index in [4.69, 9.17) is 11.1 Å². The highest BCUT2D eigenvalue weighted by Gasteiger charge is 2.13. The number of halogens is 1. The van der Waals surface area contributed by atoms with Crippen LogP contribution in [0.25, 0.3) is 0 Å². The molecule has 0 heterocycles. The number of nitrogens with zero attached hydrogens (tertiary/aromatic N) is 1. The van der Waals surface area contributed by atoms with Crippen LogP contribution in [0.4, 0.5) is 4.39 Å². The summed E-state index contributed by atoms with van der Waals surface area (Å²) in [4.78, 5) is 2.29. The molecular formula is C14H22FN3. The average Bonchev–Trinajstić information content (AvgIpc) is 2.30. The van der Waals surface area contributed by atoms with Crippen LogP contribution in [0.3, 0.4) is 0 Å². The number of nitrogens with two attached hydrogens (primary N) is 1. The molecule has 3 nitrogen and oxygen atoms in total. The van der Waals surface area contributed by atoms with Gasteiger partial charge in [0.2, 0.25) is 0 Å². The smallest absolute Gasteiger partial charge is 0.123 e. The number of hydrogen-bond acceptors (Lipinski definition) is 2. The van der Waals surface area contributed by atoms with Gasteiger partial charge in [-0.2, -0.15) is 0 Å². The van der Waals surface area contributed by atoms with Crippen molar-refractivity contribution < 1.29 is 4.39 Å². The molecular weight excluding hydrogens is 229 g/mol. The van der Waals surface area contributed by atoms with E-state index in [1.54, 1.807) is 6.07 Å². The van der Waals surface area contributed by atoms with Crippen molar-refractivity contribution >= 4 is 5.84 Å². The van der Waals surface area contributed by atoms with Crippen molar-refractivity contribution in [2.24, 2.45) is 5.73 Å². The minimum atomic E-state index is -0.351. The molecule has 3 N–H and O–H groups in total. The molecule has 0 amide bonds. The molecule has 1 aromatic rings. The maximum absolute atomic E-state index is 13.2. The minimum absolute atomic E-state index is 0.0790. The third-order valence-corrected chi connectivity index (χ3v) is 2.98. The monoisotopic (exact) mass is 251 g/mol. The molecule has 0 unspecified atom stereocenters. The Morgan fingerprint density at radius 2 is 2.11 bits per heavy atom. The summed E-state index contributed by atoms with van der Waals surface area (Å²) in [5.74, 6) is -0.430. The Kier molecular flexibility index (Phi) is 5.28. The van der Waals surface area contributed by atoms with Crippen LogP contribution in [0.15, 0.2) is 18.2 Å². The first kappa shape index (κ1) is 14.6. The summed E-state index contributed by atoms with van der Waals surface area (Å²) in [5, 5.41) is 7.52. The molecule has 0 radical (unpaired) electrons. The molecule has 0 aliphatic carbocycles. The molecule has 1 aromatic carbocycles. The van der Waals surface area contributed by atoms with E-state index in [9.17, 15) is 4.39 Å². The average molecular weight is 251 g/mol. The normalized spacial score (nSPS) is 11.2. The summed E-state index contributed by atoms with van der Waals surface area (Å²) in [7, 11) is 0. The summed E-state index contributed by atoms with van der Waals surface area (Å²) in [6, 6.07) is 4.89. The lowest BCUT2D eigenvalue weighted by Crippen LogP contribution is -2.32. The Labute approximate surface area is 108 Å². The number of benzene rings is 1. The van der Waals surface area contributed by atoms with Crippen molar-refractivity contribution in [1.82, 2.24) is 4.90 Å². The van der Waals surface area contributed by atoms with Crippen LogP contribution in [-0.2, 0) is 6.54 Å². The molecule has 1 rings (SSSR count). The first-order chi connectivity index (χ1) is 8.45. The maximum Gasteiger partial charge on any atom is 0.123 e. The number of nitrogen functional groups attached to an aromatic ring is 1. The summed E-state index contributed by atoms with van der Waals surface area (Å²) in [5.41, 5.74) is 6.91. The predicted molar refractivity (Wildman–Crippen MR) is 73.3 cm³/mol. The van der Waals surface area contributed by atoms with Gasteiger partial charge in [0.15, 0.2) is 0 Å². The van der Waals surface area contributed by atoms with Crippen LogP contribution in [0.5, 0.6) is 0 Å². The zero-order chi connectivity index (χ0) is 13.7. The molecule has 18 heavy (non-hydrogen) atoms. The number of hydrogen-bond donors (Lipinski definition) is 2. The highest BCUT2D eigenvalue weighted by atomic mass is 19.1. The Balaban J connectivity index is 2.98. The Hall–Kier alpha value is -1.42. The maximum atomic E-state index is 13.2. The number of rotatable bonds is 6. The van der Waals surface area contributed by atoms with Gasteiger partial charge in [0, 0.05) is 18.2 Å². The molecule has 0 saturated carbocycles. The van der Waals surface area contributed by atoms with Crippen molar-refractivity contribution in [2.45, 2.75) is 39.8 Å². The number of nitrogens with one attached hydrogen (secondary N) is 1. The van der Waals surface area contributed by atoms with E-state index in [2.05, 4.69) is 25.7 Å². The standard InChI is InChI=1S/C14H22FN3/c1-4-7-18(10(2)3)9-11-5-6-12(15)8-13(11)14(16)17/h5-6,8,10H,4,7,9H2,1-3H3,(H3,16,17). The molecule has 100 valence electrons. The Morgan fingerprint density at radius 1 is 1.44 bits per heavy atom. The first-order valence-electron chi connectivity index (χ1n) is 6.32. The zero-order valence-corrected chi connectivity index (χ0v) is 11.3. The van der Waals surface area contributed by atoms with Crippen LogP contribution in [-0.4, -0.2) is 23.3 Å². The van der Waals surface area contributed by atoms with E-state index >= 15 is 0 Å². The van der Waals surface area contributed by atoms with E-state index in [0.717, 1.165) is 18.5 Å². The van der Waals surface area contributed by atoms with Crippen LogP contribution in [0.1, 0.15) is 38.3 Å². The molecule has 0 spiro atoms. The zero-order valence-electron chi connectivity index (χ0n) is 11.3. The fraction of sp³-hybridized carbons (Fsp3) is 0.500. The lowest BCUT2D eigenvalue weighted by molar-refractivity contribution is 0.213. The topological polar surface area (TPSA) is 53.1 Å². The van der Waals surface area contributed by atoms with Gasteiger partial charge in [-0.05, 0) is 44.5 Å². The van der Waals surface area contributed by atoms with Crippen molar-refractivity contribution in [1.29, 1.82) is 5.41 Å². The van der Waals surface area contributed by atoms with Crippen LogP contribution < -0.4 is 5.73 Å². The Bertz CT molecular complexity index is 416. The largest absolute Gasteiger partial charge is 0.384 e. The van der Waals surface area contributed by atoms with Crippen molar-refractivity contribution in [3.05, 3.63) is 35.1 Å². The van der Waals surface area contributed by atoms with Gasteiger partial charge in [-0.25, -0.2) is 4.39 Å². The lowest BCUT2D eigenvalue weighted by Gasteiger charge is -2.26. The summed E-state index contributed by atoms with van der Waals surface area (Å²) >= 11 is 0. The lowest BCUT2D eigenvalue weighted by atomic mass is 10.1. The van der Waals surface area contributed by atoms with Crippen molar-refractivity contribution in [3.63, 3.8) is 0 Å². The van der Waals surface area contributed by atoms with E-state index in [1.807, 2.05) is 0 Å². The van der Waals surface area contributed by atoms with Crippen LogP contribution >= 0.6 is 0 Å².